The summed E-state index contributed by atoms with van der Waals surface area (Å²) >= 11 is 0. The van der Waals surface area contributed by atoms with Crippen LogP contribution in [0, 0.1) is 17.0 Å². The minimum absolute atomic E-state index is 0.0834. The fourth-order valence-electron chi connectivity index (χ4n) is 4.56. The highest BCUT2D eigenvalue weighted by atomic mass is 16.6. The van der Waals surface area contributed by atoms with E-state index in [1.165, 1.54) is 30.9 Å². The molecule has 1 heterocycles. The third kappa shape index (κ3) is 7.65. The van der Waals surface area contributed by atoms with Crippen molar-refractivity contribution in [1.29, 1.82) is 0 Å². The minimum atomic E-state index is -0.803. The summed E-state index contributed by atoms with van der Waals surface area (Å²) in [6, 6.07) is -0.356. The second-order valence-electron chi connectivity index (χ2n) is 8.96. The molecule has 5 unspecified atom stereocenters. The monoisotopic (exact) mass is 450 g/mol. The van der Waals surface area contributed by atoms with E-state index in [1.807, 2.05) is 19.9 Å². The van der Waals surface area contributed by atoms with Gasteiger partial charge in [0.2, 0.25) is 0 Å². The maximum atomic E-state index is 12.7. The predicted molar refractivity (Wildman–Crippen MR) is 131 cm³/mol. The lowest BCUT2D eigenvalue weighted by atomic mass is 9.85. The number of methoxy groups -OCH3 is 3. The molecule has 0 spiro atoms. The first kappa shape index (κ1) is 28.8. The molecule has 0 aromatic carbocycles. The maximum Gasteiger partial charge on any atom is 0.128 e. The Labute approximate surface area is 195 Å². The van der Waals surface area contributed by atoms with Crippen LogP contribution in [0.1, 0.15) is 54.4 Å². The number of rotatable bonds is 11. The summed E-state index contributed by atoms with van der Waals surface area (Å²) in [6.07, 6.45) is 9.88. The third-order valence-electron chi connectivity index (χ3n) is 6.47. The molecule has 6 nitrogen and oxygen atoms in total. The largest absolute Gasteiger partial charge is 0.783 e. The van der Waals surface area contributed by atoms with Crippen molar-refractivity contribution in [3.05, 3.63) is 52.3 Å². The third-order valence-corrected chi connectivity index (χ3v) is 6.47. The fraction of sp³-hybridized carbons (Fsp3) is 0.692. The molecule has 1 aliphatic rings. The molecular formula is C26H44NO5-. The lowest BCUT2D eigenvalue weighted by molar-refractivity contribution is -0.201. The van der Waals surface area contributed by atoms with Crippen molar-refractivity contribution >= 4 is 0 Å². The Bertz CT molecular complexity index is 684. The van der Waals surface area contributed by atoms with Crippen LogP contribution in [-0.4, -0.2) is 62.1 Å². The number of aliphatic hydroxyl groups excluding tert-OH is 1. The summed E-state index contributed by atoms with van der Waals surface area (Å²) in [7, 11) is 4.71. The van der Waals surface area contributed by atoms with Crippen LogP contribution < -0.4 is 0 Å². The zero-order valence-corrected chi connectivity index (χ0v) is 21.4. The lowest BCUT2D eigenvalue weighted by Gasteiger charge is -2.54. The van der Waals surface area contributed by atoms with Gasteiger partial charge >= 0.3 is 0 Å². The smallest absolute Gasteiger partial charge is 0.128 e. The van der Waals surface area contributed by atoms with E-state index in [2.05, 4.69) is 52.0 Å². The molecule has 1 aliphatic heterocycles. The lowest BCUT2D eigenvalue weighted by Crippen LogP contribution is -2.62. The summed E-state index contributed by atoms with van der Waals surface area (Å²) < 4.78 is 16.3. The molecule has 1 N–H and O–H groups in total. The molecule has 0 aromatic rings. The summed E-state index contributed by atoms with van der Waals surface area (Å²) in [6.45, 7) is 12.4. The topological polar surface area (TPSA) is 74.2 Å². The van der Waals surface area contributed by atoms with Crippen LogP contribution in [0.15, 0.2) is 47.1 Å². The van der Waals surface area contributed by atoms with Crippen LogP contribution >= 0.6 is 0 Å². The number of hydroxylamine groups is 2. The Balaban J connectivity index is 2.72. The molecular weight excluding hydrogens is 406 g/mol. The Hall–Kier alpha value is -1.28. The van der Waals surface area contributed by atoms with Crippen molar-refractivity contribution in [1.82, 2.24) is 5.06 Å². The highest BCUT2D eigenvalue weighted by molar-refractivity contribution is 5.24. The van der Waals surface area contributed by atoms with Gasteiger partial charge in [-0.3, -0.25) is 0 Å². The zero-order chi connectivity index (χ0) is 24.4. The van der Waals surface area contributed by atoms with E-state index in [0.717, 1.165) is 11.5 Å². The molecule has 1 fully saturated rings. The maximum absolute atomic E-state index is 12.7. The van der Waals surface area contributed by atoms with Gasteiger partial charge in [0.15, 0.2) is 0 Å². The van der Waals surface area contributed by atoms with Crippen LogP contribution in [0.4, 0.5) is 0 Å². The molecule has 184 valence electrons. The van der Waals surface area contributed by atoms with Gasteiger partial charge in [-0.2, -0.15) is 0 Å². The van der Waals surface area contributed by atoms with E-state index in [-0.39, 0.29) is 24.0 Å². The highest BCUT2D eigenvalue weighted by Crippen LogP contribution is 2.32. The van der Waals surface area contributed by atoms with Crippen molar-refractivity contribution in [2.75, 3.05) is 21.3 Å². The molecule has 0 bridgehead atoms. The fourth-order valence-corrected chi connectivity index (χ4v) is 4.56. The first-order valence-corrected chi connectivity index (χ1v) is 11.5. The molecule has 0 aliphatic carbocycles. The SMILES string of the molecule is CC=C(C)[C@@H](OC)[C@@H](C)C=C(C)C=C(C)CC=CCC1C(C)C(O)C(OC)C(OC)N1[O-]. The van der Waals surface area contributed by atoms with Crippen LogP contribution in [0.25, 0.3) is 0 Å². The van der Waals surface area contributed by atoms with Gasteiger partial charge in [-0.15, -0.1) is 0 Å². The molecule has 6 heteroatoms. The quantitative estimate of drug-likeness (QED) is 0.353. The second-order valence-corrected chi connectivity index (χ2v) is 8.96. The van der Waals surface area contributed by atoms with Crippen molar-refractivity contribution in [3.8, 4) is 0 Å². The predicted octanol–water partition coefficient (Wildman–Crippen LogP) is 5.00. The molecule has 1 rings (SSSR count). The second kappa shape index (κ2) is 14.1. The number of aliphatic hydroxyl groups is 1. The molecule has 32 heavy (non-hydrogen) atoms. The van der Waals surface area contributed by atoms with Gasteiger partial charge < -0.3 is 29.6 Å². The Morgan fingerprint density at radius 3 is 2.31 bits per heavy atom. The van der Waals surface area contributed by atoms with E-state index >= 15 is 0 Å². The van der Waals surface area contributed by atoms with E-state index in [1.54, 1.807) is 7.11 Å². The number of nitrogens with zero attached hydrogens (tertiary/aromatic N) is 1. The van der Waals surface area contributed by atoms with E-state index < -0.39 is 18.4 Å². The highest BCUT2D eigenvalue weighted by Gasteiger charge is 2.43. The van der Waals surface area contributed by atoms with Gasteiger partial charge in [-0.25, -0.2) is 0 Å². The zero-order valence-electron chi connectivity index (χ0n) is 21.4. The normalized spacial score (nSPS) is 30.7. The van der Waals surface area contributed by atoms with Gasteiger partial charge in [-0.1, -0.05) is 55.4 Å². The van der Waals surface area contributed by atoms with Crippen LogP contribution in [-0.2, 0) is 14.2 Å². The molecule has 0 amide bonds. The van der Waals surface area contributed by atoms with E-state index in [0.29, 0.717) is 6.42 Å². The van der Waals surface area contributed by atoms with Crippen molar-refractivity contribution in [2.24, 2.45) is 11.8 Å². The van der Waals surface area contributed by atoms with Gasteiger partial charge in [0.05, 0.1) is 12.2 Å². The van der Waals surface area contributed by atoms with Gasteiger partial charge in [0.25, 0.3) is 0 Å². The summed E-state index contributed by atoms with van der Waals surface area (Å²) in [5.74, 6) is 0.0638. The van der Waals surface area contributed by atoms with Gasteiger partial charge in [-0.05, 0) is 52.0 Å². The first-order chi connectivity index (χ1) is 15.1. The van der Waals surface area contributed by atoms with E-state index in [9.17, 15) is 10.3 Å². The average molecular weight is 451 g/mol. The van der Waals surface area contributed by atoms with Crippen LogP contribution in [0.2, 0.25) is 0 Å². The molecule has 0 aromatic heterocycles. The van der Waals surface area contributed by atoms with E-state index in [4.69, 9.17) is 14.2 Å². The Kier molecular flexibility index (Phi) is 12.7. The van der Waals surface area contributed by atoms with Crippen molar-refractivity contribution in [3.63, 3.8) is 0 Å². The van der Waals surface area contributed by atoms with Crippen molar-refractivity contribution < 1.29 is 19.3 Å². The average Bonchev–Trinajstić information content (AvgIpc) is 2.75. The minimum Gasteiger partial charge on any atom is -0.783 e. The Morgan fingerprint density at radius 2 is 1.78 bits per heavy atom. The van der Waals surface area contributed by atoms with Gasteiger partial charge in [0, 0.05) is 33.3 Å². The molecule has 1 saturated heterocycles. The number of hydrogen-bond acceptors (Lipinski definition) is 6. The van der Waals surface area contributed by atoms with Crippen molar-refractivity contribution in [2.45, 2.75) is 85.0 Å². The first-order valence-electron chi connectivity index (χ1n) is 11.5. The number of hydrogen-bond donors (Lipinski definition) is 1. The van der Waals surface area contributed by atoms with Crippen LogP contribution in [0.3, 0.4) is 0 Å². The summed E-state index contributed by atoms with van der Waals surface area (Å²) in [5.41, 5.74) is 3.68. The number of ether oxygens (including phenoxy) is 3. The Morgan fingerprint density at radius 1 is 1.12 bits per heavy atom. The molecule has 0 saturated carbocycles. The molecule has 0 radical (unpaired) electrons. The number of allylic oxidation sites excluding steroid dienone is 5. The molecule has 7 atom stereocenters. The standard InChI is InChI=1S/C26H44NO5/c1-10-19(4)24(30-7)20(5)16-18(3)15-17(2)13-11-12-14-22-21(6)23(28)25(31-8)26(32-9)27(22)29/h10-12,15-16,20-26,28H,13-14H2,1-9H3/q-1/t20-,21?,22?,23?,24+,25?,26?/m0/s1. The summed E-state index contributed by atoms with van der Waals surface area (Å²) in [5, 5.41) is 24.2. The van der Waals surface area contributed by atoms with Gasteiger partial charge in [0.1, 0.15) is 12.3 Å². The summed E-state index contributed by atoms with van der Waals surface area (Å²) in [4.78, 5) is 0. The number of piperidine rings is 1. The van der Waals surface area contributed by atoms with Crippen LogP contribution in [0.5, 0.6) is 0 Å².